The van der Waals surface area contributed by atoms with Crippen LogP contribution in [0.2, 0.25) is 0 Å². The van der Waals surface area contributed by atoms with Crippen molar-refractivity contribution in [1.82, 2.24) is 30.4 Å². The molecule has 1 fully saturated rings. The van der Waals surface area contributed by atoms with E-state index in [0.29, 0.717) is 25.2 Å². The summed E-state index contributed by atoms with van der Waals surface area (Å²) in [6.07, 6.45) is -2.89. The van der Waals surface area contributed by atoms with Gasteiger partial charge in [-0.15, -0.1) is 10.2 Å². The van der Waals surface area contributed by atoms with E-state index < -0.39 is 17.6 Å². The average molecular weight is 509 g/mol. The molecular weight excluding hydrogens is 487 g/mol. The van der Waals surface area contributed by atoms with Crippen LogP contribution in [0, 0.1) is 0 Å². The van der Waals surface area contributed by atoms with Gasteiger partial charge in [0, 0.05) is 36.3 Å². The van der Waals surface area contributed by atoms with E-state index in [1.54, 1.807) is 29.2 Å². The van der Waals surface area contributed by atoms with Crippen LogP contribution < -0.4 is 11.1 Å². The molecule has 1 aliphatic heterocycles. The maximum atomic E-state index is 14.1. The lowest BCUT2D eigenvalue weighted by Gasteiger charge is -2.21. The van der Waals surface area contributed by atoms with Gasteiger partial charge in [-0.25, -0.2) is 9.97 Å². The molecule has 2 aromatic heterocycles. The normalized spacial score (nSPS) is 14.4. The Kier molecular flexibility index (Phi) is 6.57. The molecule has 0 aliphatic carbocycles. The van der Waals surface area contributed by atoms with E-state index in [4.69, 9.17) is 10.2 Å². The molecule has 1 amide bonds. The van der Waals surface area contributed by atoms with Gasteiger partial charge < -0.3 is 20.4 Å². The number of nitrogens with two attached hydrogens (primary N) is 1. The van der Waals surface area contributed by atoms with Gasteiger partial charge >= 0.3 is 6.18 Å². The highest BCUT2D eigenvalue weighted by Crippen LogP contribution is 2.38. The number of hydrogen-bond donors (Lipinski definition) is 2. The van der Waals surface area contributed by atoms with E-state index in [0.717, 1.165) is 25.2 Å². The number of alkyl halides is 3. The number of aromatic nitrogens is 4. The number of amides is 1. The zero-order valence-electron chi connectivity index (χ0n) is 19.5. The summed E-state index contributed by atoms with van der Waals surface area (Å²) in [5, 5.41) is 11.1. The van der Waals surface area contributed by atoms with E-state index in [2.05, 4.69) is 25.5 Å². The second-order valence-corrected chi connectivity index (χ2v) is 8.42. The Morgan fingerprint density at radius 2 is 1.81 bits per heavy atom. The fraction of sp³-hybridized carbons (Fsp3) is 0.240. The quantitative estimate of drug-likeness (QED) is 0.425. The van der Waals surface area contributed by atoms with Crippen molar-refractivity contribution < 1.29 is 22.4 Å². The molecule has 1 saturated heterocycles. The van der Waals surface area contributed by atoms with Gasteiger partial charge in [0.1, 0.15) is 0 Å². The van der Waals surface area contributed by atoms with Crippen LogP contribution >= 0.6 is 0 Å². The standard InChI is InChI=1S/C25H22F3N7O2/c26-25(27,28)18-13-16(24(36)35-11-4-9-30-10-12-35)7-8-17(18)19-14-31-21(29)20(32-19)23-34-33-22(37-23)15-5-2-1-3-6-15/h1-3,5-8,13-14,30H,4,9-12H2,(H2,29,31). The van der Waals surface area contributed by atoms with E-state index in [1.165, 1.54) is 12.1 Å². The minimum Gasteiger partial charge on any atom is -0.414 e. The highest BCUT2D eigenvalue weighted by atomic mass is 19.4. The number of nitrogens with zero attached hydrogens (tertiary/aromatic N) is 5. The number of nitrogens with one attached hydrogen (secondary N) is 1. The number of benzene rings is 2. The van der Waals surface area contributed by atoms with Crippen molar-refractivity contribution in [3.05, 3.63) is 65.9 Å². The van der Waals surface area contributed by atoms with Crippen LogP contribution in [-0.2, 0) is 6.18 Å². The number of hydrogen-bond acceptors (Lipinski definition) is 8. The lowest BCUT2D eigenvalue weighted by Crippen LogP contribution is -2.34. The third kappa shape index (κ3) is 5.14. The fourth-order valence-corrected chi connectivity index (χ4v) is 4.07. The van der Waals surface area contributed by atoms with Crippen molar-refractivity contribution in [2.75, 3.05) is 31.9 Å². The SMILES string of the molecule is Nc1ncc(-c2ccc(C(=O)N3CCCNCC3)cc2C(F)(F)F)nc1-c1nnc(-c2ccccc2)o1. The lowest BCUT2D eigenvalue weighted by atomic mass is 10.00. The Morgan fingerprint density at radius 3 is 2.59 bits per heavy atom. The highest BCUT2D eigenvalue weighted by Gasteiger charge is 2.35. The van der Waals surface area contributed by atoms with Crippen LogP contribution in [-0.4, -0.2) is 57.2 Å². The molecule has 2 aromatic carbocycles. The molecule has 0 saturated carbocycles. The monoisotopic (exact) mass is 509 g/mol. The molecule has 3 N–H and O–H groups in total. The van der Waals surface area contributed by atoms with Crippen LogP contribution in [0.4, 0.5) is 19.0 Å². The fourth-order valence-electron chi connectivity index (χ4n) is 4.07. The summed E-state index contributed by atoms with van der Waals surface area (Å²) < 4.78 is 48.1. The molecule has 12 heteroatoms. The van der Waals surface area contributed by atoms with Crippen molar-refractivity contribution in [2.45, 2.75) is 12.6 Å². The molecule has 0 radical (unpaired) electrons. The van der Waals surface area contributed by atoms with Crippen LogP contribution in [0.5, 0.6) is 0 Å². The molecule has 37 heavy (non-hydrogen) atoms. The lowest BCUT2D eigenvalue weighted by molar-refractivity contribution is -0.137. The summed E-state index contributed by atoms with van der Waals surface area (Å²) in [5.74, 6) is -0.420. The van der Waals surface area contributed by atoms with Gasteiger partial charge in [0.2, 0.25) is 5.89 Å². The molecule has 190 valence electrons. The number of nitrogen functional groups attached to an aromatic ring is 1. The summed E-state index contributed by atoms with van der Waals surface area (Å²) in [6, 6.07) is 12.4. The first-order valence-electron chi connectivity index (χ1n) is 11.5. The van der Waals surface area contributed by atoms with Gasteiger partial charge in [0.05, 0.1) is 17.5 Å². The van der Waals surface area contributed by atoms with Crippen LogP contribution in [0.3, 0.4) is 0 Å². The van der Waals surface area contributed by atoms with Crippen molar-refractivity contribution in [3.8, 4) is 34.3 Å². The Hall–Kier alpha value is -4.32. The molecule has 3 heterocycles. The molecule has 4 aromatic rings. The summed E-state index contributed by atoms with van der Waals surface area (Å²) in [4.78, 5) is 22.8. The van der Waals surface area contributed by atoms with Crippen LogP contribution in [0.15, 0.2) is 59.1 Å². The smallest absolute Gasteiger partial charge is 0.414 e. The molecule has 0 unspecified atom stereocenters. The molecule has 0 spiro atoms. The minimum atomic E-state index is -4.75. The molecule has 0 bridgehead atoms. The molecule has 5 rings (SSSR count). The van der Waals surface area contributed by atoms with Crippen molar-refractivity contribution >= 4 is 11.7 Å². The zero-order chi connectivity index (χ0) is 26.0. The molecular formula is C25H22F3N7O2. The second-order valence-electron chi connectivity index (χ2n) is 8.42. The van der Waals surface area contributed by atoms with E-state index >= 15 is 0 Å². The molecule has 9 nitrogen and oxygen atoms in total. The third-order valence-electron chi connectivity index (χ3n) is 5.92. The Morgan fingerprint density at radius 1 is 1.03 bits per heavy atom. The predicted octanol–water partition coefficient (Wildman–Crippen LogP) is 3.90. The van der Waals surface area contributed by atoms with Gasteiger partial charge in [0.25, 0.3) is 11.8 Å². The van der Waals surface area contributed by atoms with Crippen LogP contribution in [0.25, 0.3) is 34.3 Å². The first-order valence-corrected chi connectivity index (χ1v) is 11.5. The number of rotatable bonds is 4. The summed E-state index contributed by atoms with van der Waals surface area (Å²) in [5.41, 5.74) is 5.15. The van der Waals surface area contributed by atoms with E-state index in [1.807, 2.05) is 6.07 Å². The largest absolute Gasteiger partial charge is 0.417 e. The minimum absolute atomic E-state index is 0.0440. The number of anilines is 1. The first kappa shape index (κ1) is 24.4. The van der Waals surface area contributed by atoms with Crippen LogP contribution in [0.1, 0.15) is 22.3 Å². The number of carbonyl (C=O) groups excluding carboxylic acids is 1. The Labute approximate surface area is 209 Å². The highest BCUT2D eigenvalue weighted by molar-refractivity contribution is 5.95. The number of carbonyl (C=O) groups is 1. The Balaban J connectivity index is 1.52. The van der Waals surface area contributed by atoms with Gasteiger partial charge in [-0.3, -0.25) is 4.79 Å². The zero-order valence-corrected chi connectivity index (χ0v) is 19.5. The second kappa shape index (κ2) is 9.97. The predicted molar refractivity (Wildman–Crippen MR) is 129 cm³/mol. The maximum absolute atomic E-state index is 14.1. The first-order chi connectivity index (χ1) is 17.8. The summed E-state index contributed by atoms with van der Waals surface area (Å²) >= 11 is 0. The summed E-state index contributed by atoms with van der Waals surface area (Å²) in [6.45, 7) is 2.23. The molecule has 0 atom stereocenters. The third-order valence-corrected chi connectivity index (χ3v) is 5.92. The average Bonchev–Trinajstić information content (AvgIpc) is 3.23. The molecule has 1 aliphatic rings. The van der Waals surface area contributed by atoms with Gasteiger partial charge in [-0.05, 0) is 37.2 Å². The summed E-state index contributed by atoms with van der Waals surface area (Å²) in [7, 11) is 0. The van der Waals surface area contributed by atoms with E-state index in [9.17, 15) is 18.0 Å². The maximum Gasteiger partial charge on any atom is 0.417 e. The van der Waals surface area contributed by atoms with Gasteiger partial charge in [-0.1, -0.05) is 24.3 Å². The topological polar surface area (TPSA) is 123 Å². The van der Waals surface area contributed by atoms with Crippen molar-refractivity contribution in [2.24, 2.45) is 0 Å². The van der Waals surface area contributed by atoms with Gasteiger partial charge in [-0.2, -0.15) is 13.2 Å². The number of halogens is 3. The van der Waals surface area contributed by atoms with E-state index in [-0.39, 0.29) is 40.1 Å². The Bertz CT molecular complexity index is 1420. The van der Waals surface area contributed by atoms with Crippen molar-refractivity contribution in [1.29, 1.82) is 0 Å². The van der Waals surface area contributed by atoms with Gasteiger partial charge in [0.15, 0.2) is 11.5 Å². The van der Waals surface area contributed by atoms with Crippen molar-refractivity contribution in [3.63, 3.8) is 0 Å².